The van der Waals surface area contributed by atoms with E-state index < -0.39 is 20.8 Å². The molecular formula is C9H8ClFO4S. The molecule has 88 valence electrons. The minimum atomic E-state index is -4.01. The fourth-order valence-corrected chi connectivity index (χ4v) is 2.28. The van der Waals surface area contributed by atoms with E-state index >= 15 is 0 Å². The third kappa shape index (κ3) is 3.18. The van der Waals surface area contributed by atoms with Gasteiger partial charge in [0.25, 0.3) is 9.05 Å². The monoisotopic (exact) mass is 266 g/mol. The predicted octanol–water partition coefficient (Wildman–Crippen LogP) is 1.47. The van der Waals surface area contributed by atoms with Crippen molar-refractivity contribution in [3.05, 3.63) is 29.6 Å². The zero-order valence-electron chi connectivity index (χ0n) is 8.24. The van der Waals surface area contributed by atoms with Crippen LogP contribution < -0.4 is 0 Å². The average Bonchev–Trinajstić information content (AvgIpc) is 2.15. The van der Waals surface area contributed by atoms with Crippen LogP contribution in [0, 0.1) is 5.82 Å². The van der Waals surface area contributed by atoms with Crippen LogP contribution in [0.5, 0.6) is 0 Å². The minimum Gasteiger partial charge on any atom is -0.469 e. The van der Waals surface area contributed by atoms with Crippen molar-refractivity contribution in [3.63, 3.8) is 0 Å². The van der Waals surface area contributed by atoms with E-state index in [0.717, 1.165) is 25.3 Å². The van der Waals surface area contributed by atoms with Gasteiger partial charge in [-0.05, 0) is 23.8 Å². The molecule has 0 aromatic heterocycles. The first-order valence-electron chi connectivity index (χ1n) is 4.14. The van der Waals surface area contributed by atoms with Gasteiger partial charge in [0.05, 0.1) is 18.4 Å². The molecule has 0 N–H and O–H groups in total. The summed E-state index contributed by atoms with van der Waals surface area (Å²) in [6, 6.07) is 2.90. The van der Waals surface area contributed by atoms with E-state index in [9.17, 15) is 17.6 Å². The van der Waals surface area contributed by atoms with Crippen molar-refractivity contribution in [2.75, 3.05) is 7.11 Å². The van der Waals surface area contributed by atoms with Crippen molar-refractivity contribution in [1.29, 1.82) is 0 Å². The van der Waals surface area contributed by atoms with Gasteiger partial charge in [0.15, 0.2) is 0 Å². The summed E-state index contributed by atoms with van der Waals surface area (Å²) in [6.45, 7) is 0. The van der Waals surface area contributed by atoms with Crippen LogP contribution in [0.2, 0.25) is 0 Å². The fourth-order valence-electron chi connectivity index (χ4n) is 1.15. The third-order valence-corrected chi connectivity index (χ3v) is 3.27. The topological polar surface area (TPSA) is 60.4 Å². The van der Waals surface area contributed by atoms with Crippen LogP contribution in [0.15, 0.2) is 23.1 Å². The molecule has 1 aromatic carbocycles. The largest absolute Gasteiger partial charge is 0.469 e. The zero-order chi connectivity index (χ0) is 12.3. The Kier molecular flexibility index (Phi) is 3.88. The molecule has 0 aliphatic heterocycles. The predicted molar refractivity (Wildman–Crippen MR) is 55.2 cm³/mol. The van der Waals surface area contributed by atoms with E-state index in [1.54, 1.807) is 0 Å². The maximum Gasteiger partial charge on any atom is 0.310 e. The summed E-state index contributed by atoms with van der Waals surface area (Å²) in [7, 11) is 2.28. The molecule has 1 aromatic rings. The molecule has 1 rings (SSSR count). The molecule has 0 atom stereocenters. The molecular weight excluding hydrogens is 259 g/mol. The van der Waals surface area contributed by atoms with Crippen LogP contribution in [0.25, 0.3) is 0 Å². The first-order valence-corrected chi connectivity index (χ1v) is 6.45. The molecule has 0 spiro atoms. The number of ether oxygens (including phenoxy) is 1. The Morgan fingerprint density at radius 1 is 1.50 bits per heavy atom. The number of halogens is 2. The number of hydrogen-bond acceptors (Lipinski definition) is 4. The van der Waals surface area contributed by atoms with Gasteiger partial charge in [-0.25, -0.2) is 12.8 Å². The van der Waals surface area contributed by atoms with Crippen LogP contribution in [0.4, 0.5) is 4.39 Å². The number of methoxy groups -OCH3 is 1. The number of esters is 1. The normalized spacial score (nSPS) is 11.2. The smallest absolute Gasteiger partial charge is 0.310 e. The zero-order valence-corrected chi connectivity index (χ0v) is 9.81. The van der Waals surface area contributed by atoms with Crippen molar-refractivity contribution in [2.24, 2.45) is 0 Å². The molecule has 0 aliphatic rings. The lowest BCUT2D eigenvalue weighted by atomic mass is 10.1. The number of benzene rings is 1. The number of hydrogen-bond donors (Lipinski definition) is 0. The van der Waals surface area contributed by atoms with E-state index in [4.69, 9.17) is 10.7 Å². The van der Waals surface area contributed by atoms with Gasteiger partial charge in [0.1, 0.15) is 5.82 Å². The van der Waals surface area contributed by atoms with Gasteiger partial charge in [0.2, 0.25) is 0 Å². The van der Waals surface area contributed by atoms with Gasteiger partial charge in [-0.1, -0.05) is 0 Å². The van der Waals surface area contributed by atoms with Gasteiger partial charge in [0, 0.05) is 10.7 Å². The van der Waals surface area contributed by atoms with Gasteiger partial charge in [-0.3, -0.25) is 4.79 Å². The van der Waals surface area contributed by atoms with Gasteiger partial charge >= 0.3 is 5.97 Å². The Labute approximate surface area is 96.4 Å². The summed E-state index contributed by atoms with van der Waals surface area (Å²) < 4.78 is 39.5. The van der Waals surface area contributed by atoms with Crippen LogP contribution in [0.3, 0.4) is 0 Å². The highest BCUT2D eigenvalue weighted by molar-refractivity contribution is 8.13. The Balaban J connectivity index is 3.24. The summed E-state index contributed by atoms with van der Waals surface area (Å²) in [5.74, 6) is -1.32. The summed E-state index contributed by atoms with van der Waals surface area (Å²) in [5, 5.41) is 0. The Morgan fingerprint density at radius 2 is 2.12 bits per heavy atom. The second-order valence-electron chi connectivity index (χ2n) is 2.94. The van der Waals surface area contributed by atoms with Gasteiger partial charge < -0.3 is 4.74 Å². The van der Waals surface area contributed by atoms with Crippen LogP contribution in [-0.4, -0.2) is 21.5 Å². The molecule has 0 fully saturated rings. The third-order valence-electron chi connectivity index (χ3n) is 1.85. The van der Waals surface area contributed by atoms with E-state index in [1.807, 2.05) is 0 Å². The highest BCUT2D eigenvalue weighted by Crippen LogP contribution is 2.21. The lowest BCUT2D eigenvalue weighted by molar-refractivity contribution is -0.139. The fraction of sp³-hybridized carbons (Fsp3) is 0.222. The van der Waals surface area contributed by atoms with E-state index in [2.05, 4.69) is 4.74 Å². The summed E-state index contributed by atoms with van der Waals surface area (Å²) in [4.78, 5) is 10.7. The lowest BCUT2D eigenvalue weighted by Gasteiger charge is -2.05. The SMILES string of the molecule is COC(=O)Cc1cc(F)ccc1S(=O)(=O)Cl. The summed E-state index contributed by atoms with van der Waals surface area (Å²) in [6.07, 6.45) is -0.352. The van der Waals surface area contributed by atoms with Crippen LogP contribution >= 0.6 is 10.7 Å². The second-order valence-corrected chi connectivity index (χ2v) is 5.48. The molecule has 0 saturated heterocycles. The van der Waals surface area contributed by atoms with Crippen molar-refractivity contribution < 1.29 is 22.3 Å². The molecule has 0 heterocycles. The van der Waals surface area contributed by atoms with Crippen molar-refractivity contribution in [2.45, 2.75) is 11.3 Å². The Hall–Kier alpha value is -1.14. The second kappa shape index (κ2) is 4.80. The number of carbonyl (C=O) groups excluding carboxylic acids is 1. The first-order chi connectivity index (χ1) is 7.34. The van der Waals surface area contributed by atoms with Gasteiger partial charge in [-0.15, -0.1) is 0 Å². The quantitative estimate of drug-likeness (QED) is 0.614. The minimum absolute atomic E-state index is 0.0261. The molecule has 0 aliphatic carbocycles. The molecule has 4 nitrogen and oxygen atoms in total. The molecule has 16 heavy (non-hydrogen) atoms. The summed E-state index contributed by atoms with van der Waals surface area (Å²) in [5.41, 5.74) is -0.0261. The molecule has 0 bridgehead atoms. The van der Waals surface area contributed by atoms with Crippen molar-refractivity contribution >= 4 is 25.7 Å². The van der Waals surface area contributed by atoms with E-state index in [0.29, 0.717) is 0 Å². The highest BCUT2D eigenvalue weighted by Gasteiger charge is 2.18. The maximum absolute atomic E-state index is 12.9. The van der Waals surface area contributed by atoms with Crippen LogP contribution in [-0.2, 0) is 25.0 Å². The molecule has 0 unspecified atom stereocenters. The van der Waals surface area contributed by atoms with Crippen molar-refractivity contribution in [3.8, 4) is 0 Å². The highest BCUT2D eigenvalue weighted by atomic mass is 35.7. The van der Waals surface area contributed by atoms with E-state index in [1.165, 1.54) is 0 Å². The van der Waals surface area contributed by atoms with Crippen molar-refractivity contribution in [1.82, 2.24) is 0 Å². The van der Waals surface area contributed by atoms with Crippen LogP contribution in [0.1, 0.15) is 5.56 Å². The number of rotatable bonds is 3. The Morgan fingerprint density at radius 3 is 2.62 bits per heavy atom. The molecule has 0 amide bonds. The maximum atomic E-state index is 12.9. The first kappa shape index (κ1) is 12.9. The molecule has 0 radical (unpaired) electrons. The molecule has 7 heteroatoms. The molecule has 0 saturated carbocycles. The number of carbonyl (C=O) groups is 1. The lowest BCUT2D eigenvalue weighted by Crippen LogP contribution is -2.08. The Bertz CT molecular complexity index is 512. The average molecular weight is 267 g/mol. The van der Waals surface area contributed by atoms with E-state index in [-0.39, 0.29) is 16.9 Å². The van der Waals surface area contributed by atoms with Gasteiger partial charge in [-0.2, -0.15) is 0 Å². The standard InChI is InChI=1S/C9H8ClFO4S/c1-15-9(12)5-6-4-7(11)2-3-8(6)16(10,13)14/h2-4H,5H2,1H3. The summed E-state index contributed by atoms with van der Waals surface area (Å²) >= 11 is 0.